The summed E-state index contributed by atoms with van der Waals surface area (Å²) in [6.45, 7) is 3.43. The number of carboxylic acids is 1. The van der Waals surface area contributed by atoms with Gasteiger partial charge in [0.25, 0.3) is 0 Å². The molecule has 0 bridgehead atoms. The van der Waals surface area contributed by atoms with Crippen molar-refractivity contribution in [3.05, 3.63) is 29.3 Å². The Bertz CT molecular complexity index is 562. The van der Waals surface area contributed by atoms with E-state index in [0.717, 1.165) is 0 Å². The van der Waals surface area contributed by atoms with Crippen LogP contribution >= 0.6 is 0 Å². The first-order valence-electron chi connectivity index (χ1n) is 5.93. The van der Waals surface area contributed by atoms with Crippen LogP contribution in [0.4, 0.5) is 0 Å². The minimum absolute atomic E-state index is 0.0200. The Morgan fingerprint density at radius 2 is 2.05 bits per heavy atom. The lowest BCUT2D eigenvalue weighted by Crippen LogP contribution is -2.23. The van der Waals surface area contributed by atoms with Gasteiger partial charge in [0.2, 0.25) is 0 Å². The highest BCUT2D eigenvalue weighted by atomic mass is 32.2. The summed E-state index contributed by atoms with van der Waals surface area (Å²) in [5.41, 5.74) is 0.652. The third-order valence-corrected chi connectivity index (χ3v) is 5.06. The van der Waals surface area contributed by atoms with Gasteiger partial charge in [0.05, 0.1) is 22.3 Å². The molecule has 1 unspecified atom stereocenters. The molecule has 0 saturated heterocycles. The lowest BCUT2D eigenvalue weighted by atomic mass is 10.1. The van der Waals surface area contributed by atoms with Crippen molar-refractivity contribution in [2.75, 3.05) is 13.7 Å². The van der Waals surface area contributed by atoms with Gasteiger partial charge in [-0.25, -0.2) is 13.2 Å². The summed E-state index contributed by atoms with van der Waals surface area (Å²) in [5.74, 6) is -1.12. The van der Waals surface area contributed by atoms with Crippen molar-refractivity contribution in [3.63, 3.8) is 0 Å². The molecular formula is C13H18O5S. The number of aryl methyl sites for hydroxylation is 1. The molecule has 0 saturated carbocycles. The number of hydrogen-bond acceptors (Lipinski definition) is 4. The highest BCUT2D eigenvalue weighted by Gasteiger charge is 2.24. The molecule has 6 heteroatoms. The van der Waals surface area contributed by atoms with Crippen LogP contribution in [-0.4, -0.2) is 38.5 Å². The number of ether oxygens (including phenoxy) is 1. The van der Waals surface area contributed by atoms with E-state index in [1.165, 1.54) is 26.2 Å². The fraction of sp³-hybridized carbons (Fsp3) is 0.462. The zero-order valence-electron chi connectivity index (χ0n) is 11.2. The Balaban J connectivity index is 3.29. The third-order valence-electron chi connectivity index (χ3n) is 2.95. The molecule has 0 heterocycles. The molecule has 0 aliphatic heterocycles. The third kappa shape index (κ3) is 3.33. The number of benzene rings is 1. The molecule has 1 atom stereocenters. The second-order valence-electron chi connectivity index (χ2n) is 4.29. The maximum atomic E-state index is 12.2. The molecule has 1 rings (SSSR count). The number of rotatable bonds is 6. The molecule has 5 nitrogen and oxygen atoms in total. The van der Waals surface area contributed by atoms with Crippen LogP contribution in [0, 0.1) is 0 Å². The second kappa shape index (κ2) is 6.16. The fourth-order valence-electron chi connectivity index (χ4n) is 1.80. The van der Waals surface area contributed by atoms with Crippen LogP contribution in [0.3, 0.4) is 0 Å². The van der Waals surface area contributed by atoms with Crippen molar-refractivity contribution in [2.45, 2.75) is 30.4 Å². The van der Waals surface area contributed by atoms with Gasteiger partial charge in [-0.05, 0) is 31.0 Å². The SMILES string of the molecule is CCc1ccc(S(=O)(=O)C(C)COC)cc1C(=O)O. The Kier molecular flexibility index (Phi) is 5.08. The number of aromatic carboxylic acids is 1. The van der Waals surface area contributed by atoms with Gasteiger partial charge in [-0.15, -0.1) is 0 Å². The molecule has 0 aliphatic carbocycles. The van der Waals surface area contributed by atoms with Gasteiger partial charge in [-0.1, -0.05) is 13.0 Å². The largest absolute Gasteiger partial charge is 0.478 e. The molecule has 0 aromatic heterocycles. The quantitative estimate of drug-likeness (QED) is 0.861. The normalized spacial score (nSPS) is 13.2. The first-order chi connectivity index (χ1) is 8.84. The molecule has 0 aliphatic rings. The van der Waals surface area contributed by atoms with Gasteiger partial charge in [0.15, 0.2) is 9.84 Å². The van der Waals surface area contributed by atoms with Crippen molar-refractivity contribution < 1.29 is 23.1 Å². The zero-order valence-corrected chi connectivity index (χ0v) is 12.0. The van der Waals surface area contributed by atoms with Crippen LogP contribution in [0.15, 0.2) is 23.1 Å². The molecule has 1 aromatic rings. The molecule has 1 aromatic carbocycles. The molecule has 0 amide bonds. The predicted molar refractivity (Wildman–Crippen MR) is 71.3 cm³/mol. The average Bonchev–Trinajstić information content (AvgIpc) is 2.38. The zero-order chi connectivity index (χ0) is 14.6. The minimum Gasteiger partial charge on any atom is -0.478 e. The van der Waals surface area contributed by atoms with Crippen LogP contribution in [0.25, 0.3) is 0 Å². The molecule has 0 spiro atoms. The van der Waals surface area contributed by atoms with E-state index in [-0.39, 0.29) is 17.1 Å². The maximum absolute atomic E-state index is 12.2. The summed E-state index contributed by atoms with van der Waals surface area (Å²) in [4.78, 5) is 11.2. The highest BCUT2D eigenvalue weighted by molar-refractivity contribution is 7.92. The van der Waals surface area contributed by atoms with Gasteiger partial charge in [0, 0.05) is 7.11 Å². The van der Waals surface area contributed by atoms with E-state index in [1.54, 1.807) is 6.07 Å². The van der Waals surface area contributed by atoms with Crippen molar-refractivity contribution in [1.82, 2.24) is 0 Å². The Morgan fingerprint density at radius 1 is 1.42 bits per heavy atom. The maximum Gasteiger partial charge on any atom is 0.336 e. The predicted octanol–water partition coefficient (Wildman–Crippen LogP) is 1.76. The van der Waals surface area contributed by atoms with E-state index in [4.69, 9.17) is 9.84 Å². The van der Waals surface area contributed by atoms with Crippen LogP contribution in [0.1, 0.15) is 29.8 Å². The Morgan fingerprint density at radius 3 is 2.53 bits per heavy atom. The van der Waals surface area contributed by atoms with Gasteiger partial charge >= 0.3 is 5.97 Å². The van der Waals surface area contributed by atoms with E-state index in [9.17, 15) is 13.2 Å². The van der Waals surface area contributed by atoms with Gasteiger partial charge in [-0.3, -0.25) is 0 Å². The lowest BCUT2D eigenvalue weighted by Gasteiger charge is -2.13. The fourth-order valence-corrected chi connectivity index (χ4v) is 3.12. The summed E-state index contributed by atoms with van der Waals surface area (Å²) in [5, 5.41) is 8.39. The van der Waals surface area contributed by atoms with Crippen LogP contribution in [-0.2, 0) is 21.0 Å². The summed E-state index contributed by atoms with van der Waals surface area (Å²) >= 11 is 0. The molecule has 1 N–H and O–H groups in total. The first-order valence-corrected chi connectivity index (χ1v) is 7.48. The van der Waals surface area contributed by atoms with E-state index in [1.807, 2.05) is 6.92 Å². The first kappa shape index (κ1) is 15.7. The number of carbonyl (C=O) groups is 1. The highest BCUT2D eigenvalue weighted by Crippen LogP contribution is 2.21. The summed E-state index contributed by atoms with van der Waals surface area (Å²) in [6, 6.07) is 4.23. The van der Waals surface area contributed by atoms with E-state index in [0.29, 0.717) is 12.0 Å². The van der Waals surface area contributed by atoms with Gasteiger partial charge < -0.3 is 9.84 Å². The van der Waals surface area contributed by atoms with E-state index >= 15 is 0 Å². The molecule has 19 heavy (non-hydrogen) atoms. The van der Waals surface area contributed by atoms with Crippen LogP contribution < -0.4 is 0 Å². The smallest absolute Gasteiger partial charge is 0.336 e. The standard InChI is InChI=1S/C13H18O5S/c1-4-10-5-6-11(7-12(10)13(14)15)19(16,17)9(2)8-18-3/h5-7,9H,4,8H2,1-3H3,(H,14,15). The summed E-state index contributed by atoms with van der Waals surface area (Å²) < 4.78 is 29.3. The summed E-state index contributed by atoms with van der Waals surface area (Å²) in [6.07, 6.45) is 0.537. The van der Waals surface area contributed by atoms with Crippen molar-refractivity contribution in [1.29, 1.82) is 0 Å². The van der Waals surface area contributed by atoms with Crippen molar-refractivity contribution in [2.24, 2.45) is 0 Å². The molecule has 0 fully saturated rings. The van der Waals surface area contributed by atoms with Gasteiger partial charge in [0.1, 0.15) is 0 Å². The Labute approximate surface area is 113 Å². The van der Waals surface area contributed by atoms with Crippen molar-refractivity contribution >= 4 is 15.8 Å². The minimum atomic E-state index is -3.57. The molecule has 106 valence electrons. The van der Waals surface area contributed by atoms with Crippen molar-refractivity contribution in [3.8, 4) is 0 Å². The average molecular weight is 286 g/mol. The molecular weight excluding hydrogens is 268 g/mol. The molecule has 0 radical (unpaired) electrons. The van der Waals surface area contributed by atoms with Crippen LogP contribution in [0.5, 0.6) is 0 Å². The monoisotopic (exact) mass is 286 g/mol. The lowest BCUT2D eigenvalue weighted by molar-refractivity contribution is 0.0695. The number of sulfone groups is 1. The Hall–Kier alpha value is -1.40. The number of methoxy groups -OCH3 is 1. The summed E-state index contributed by atoms with van der Waals surface area (Å²) in [7, 11) is -2.14. The van der Waals surface area contributed by atoms with Gasteiger partial charge in [-0.2, -0.15) is 0 Å². The number of hydrogen-bond donors (Lipinski definition) is 1. The second-order valence-corrected chi connectivity index (χ2v) is 6.65. The topological polar surface area (TPSA) is 80.7 Å². The van der Waals surface area contributed by atoms with E-state index in [2.05, 4.69) is 0 Å². The van der Waals surface area contributed by atoms with Crippen LogP contribution in [0.2, 0.25) is 0 Å². The van der Waals surface area contributed by atoms with E-state index < -0.39 is 21.1 Å². The number of carboxylic acid groups (broad SMARTS) is 1.